The second-order valence-corrected chi connectivity index (χ2v) is 6.41. The van der Waals surface area contributed by atoms with Crippen molar-refractivity contribution in [3.05, 3.63) is 65.7 Å². The molecule has 2 aromatic rings. The van der Waals surface area contributed by atoms with E-state index in [4.69, 9.17) is 9.84 Å². The molecule has 2 aromatic carbocycles. The molecule has 1 aliphatic rings. The van der Waals surface area contributed by atoms with Gasteiger partial charge < -0.3 is 19.8 Å². The molecule has 0 spiro atoms. The number of aliphatic hydroxyl groups is 1. The monoisotopic (exact) mass is 341 g/mol. The number of likely N-dealkylation sites (tertiary alicyclic amines) is 1. The van der Waals surface area contributed by atoms with Gasteiger partial charge >= 0.3 is 6.09 Å². The molecule has 2 unspecified atom stereocenters. The van der Waals surface area contributed by atoms with Gasteiger partial charge in [-0.2, -0.15) is 0 Å². The van der Waals surface area contributed by atoms with E-state index in [1.165, 1.54) is 4.90 Å². The van der Waals surface area contributed by atoms with Crippen LogP contribution in [0.1, 0.15) is 23.5 Å². The van der Waals surface area contributed by atoms with Gasteiger partial charge in [0.25, 0.3) is 0 Å². The Morgan fingerprint density at radius 1 is 1.12 bits per heavy atom. The number of benzene rings is 2. The maximum atomic E-state index is 11.1. The van der Waals surface area contributed by atoms with Gasteiger partial charge in [-0.25, -0.2) is 4.79 Å². The smallest absolute Gasteiger partial charge is 0.407 e. The van der Waals surface area contributed by atoms with Crippen molar-refractivity contribution in [2.75, 3.05) is 19.7 Å². The number of aliphatic hydroxyl groups excluding tert-OH is 1. The molecule has 1 heterocycles. The minimum absolute atomic E-state index is 0.0132. The number of hydrogen-bond acceptors (Lipinski definition) is 3. The van der Waals surface area contributed by atoms with Crippen LogP contribution >= 0.6 is 0 Å². The van der Waals surface area contributed by atoms with Crippen LogP contribution in [-0.4, -0.2) is 40.9 Å². The number of amides is 1. The van der Waals surface area contributed by atoms with Gasteiger partial charge in [0.2, 0.25) is 0 Å². The van der Waals surface area contributed by atoms with Crippen molar-refractivity contribution < 1.29 is 19.7 Å². The predicted molar refractivity (Wildman–Crippen MR) is 94.7 cm³/mol. The largest absolute Gasteiger partial charge is 0.489 e. The summed E-state index contributed by atoms with van der Waals surface area (Å²) < 4.78 is 5.80. The normalized spacial score (nSPS) is 20.3. The Kier molecular flexibility index (Phi) is 5.56. The fraction of sp³-hybridized carbons (Fsp3) is 0.350. The molecule has 1 amide bonds. The molecule has 0 aromatic heterocycles. The molecule has 1 aliphatic heterocycles. The van der Waals surface area contributed by atoms with Gasteiger partial charge in [-0.15, -0.1) is 0 Å². The molecule has 1 fully saturated rings. The zero-order valence-corrected chi connectivity index (χ0v) is 14.0. The third-order valence-corrected chi connectivity index (χ3v) is 4.80. The summed E-state index contributed by atoms with van der Waals surface area (Å²) in [6.45, 7) is 1.39. The SMILES string of the molecule is O=C(O)N1CCC(c2ccc(OCc3ccccc3)cc2)C(CO)C1. The molecule has 2 N–H and O–H groups in total. The maximum absolute atomic E-state index is 11.1. The number of nitrogens with zero attached hydrogens (tertiary/aromatic N) is 1. The van der Waals surface area contributed by atoms with Gasteiger partial charge in [0, 0.05) is 25.6 Å². The van der Waals surface area contributed by atoms with Crippen molar-refractivity contribution in [3.63, 3.8) is 0 Å². The standard InChI is InChI=1S/C20H23NO4/c22-13-17-12-21(20(23)24)11-10-19(17)16-6-8-18(9-7-16)25-14-15-4-2-1-3-5-15/h1-9,17,19,22H,10-14H2,(H,23,24). The molecule has 132 valence electrons. The summed E-state index contributed by atoms with van der Waals surface area (Å²) >= 11 is 0. The molecule has 0 aliphatic carbocycles. The molecular weight excluding hydrogens is 318 g/mol. The summed E-state index contributed by atoms with van der Waals surface area (Å²) in [5.74, 6) is 0.904. The summed E-state index contributed by atoms with van der Waals surface area (Å²) in [7, 11) is 0. The van der Waals surface area contributed by atoms with E-state index < -0.39 is 6.09 Å². The van der Waals surface area contributed by atoms with E-state index in [2.05, 4.69) is 0 Å². The number of hydrogen-bond donors (Lipinski definition) is 2. The average Bonchev–Trinajstić information content (AvgIpc) is 2.67. The van der Waals surface area contributed by atoms with Crippen molar-refractivity contribution >= 4 is 6.09 Å². The van der Waals surface area contributed by atoms with Crippen molar-refractivity contribution in [1.29, 1.82) is 0 Å². The molecular formula is C20H23NO4. The minimum atomic E-state index is -0.915. The highest BCUT2D eigenvalue weighted by Crippen LogP contribution is 2.33. The van der Waals surface area contributed by atoms with Gasteiger partial charge in [0.05, 0.1) is 0 Å². The first-order chi connectivity index (χ1) is 12.2. The van der Waals surface area contributed by atoms with E-state index in [1.807, 2.05) is 54.6 Å². The summed E-state index contributed by atoms with van der Waals surface area (Å²) in [4.78, 5) is 12.5. The highest BCUT2D eigenvalue weighted by Gasteiger charge is 2.31. The Balaban J connectivity index is 1.62. The zero-order valence-electron chi connectivity index (χ0n) is 14.0. The van der Waals surface area contributed by atoms with Crippen molar-refractivity contribution in [1.82, 2.24) is 4.90 Å². The first-order valence-electron chi connectivity index (χ1n) is 8.53. The van der Waals surface area contributed by atoms with E-state index in [1.54, 1.807) is 0 Å². The first-order valence-corrected chi connectivity index (χ1v) is 8.53. The fourth-order valence-electron chi connectivity index (χ4n) is 3.38. The summed E-state index contributed by atoms with van der Waals surface area (Å²) in [6.07, 6.45) is -0.191. The van der Waals surface area contributed by atoms with Crippen LogP contribution in [-0.2, 0) is 6.61 Å². The molecule has 3 rings (SSSR count). The van der Waals surface area contributed by atoms with Crippen LogP contribution in [0.25, 0.3) is 0 Å². The van der Waals surface area contributed by atoms with E-state index in [0.29, 0.717) is 19.7 Å². The van der Waals surface area contributed by atoms with Crippen LogP contribution in [0.2, 0.25) is 0 Å². The van der Waals surface area contributed by atoms with Crippen LogP contribution in [0.3, 0.4) is 0 Å². The lowest BCUT2D eigenvalue weighted by molar-refractivity contribution is 0.0886. The van der Waals surface area contributed by atoms with Crippen molar-refractivity contribution in [2.45, 2.75) is 18.9 Å². The van der Waals surface area contributed by atoms with Gasteiger partial charge in [-0.05, 0) is 35.6 Å². The number of piperidine rings is 1. The average molecular weight is 341 g/mol. The summed E-state index contributed by atoms with van der Waals surface area (Å²) in [6, 6.07) is 17.9. The summed E-state index contributed by atoms with van der Waals surface area (Å²) in [5, 5.41) is 18.8. The van der Waals surface area contributed by atoms with Gasteiger partial charge in [-0.3, -0.25) is 0 Å². The Hall–Kier alpha value is -2.53. The second kappa shape index (κ2) is 8.03. The van der Waals surface area contributed by atoms with Crippen LogP contribution in [0.4, 0.5) is 4.79 Å². The third kappa shape index (κ3) is 4.31. The predicted octanol–water partition coefficient (Wildman–Crippen LogP) is 3.34. The maximum Gasteiger partial charge on any atom is 0.407 e. The number of ether oxygens (including phenoxy) is 1. The molecule has 0 saturated carbocycles. The third-order valence-electron chi connectivity index (χ3n) is 4.80. The van der Waals surface area contributed by atoms with Gasteiger partial charge in [0.1, 0.15) is 12.4 Å². The highest BCUT2D eigenvalue weighted by atomic mass is 16.5. The topological polar surface area (TPSA) is 70.0 Å². The van der Waals surface area contributed by atoms with Gasteiger partial charge in [-0.1, -0.05) is 42.5 Å². The lowest BCUT2D eigenvalue weighted by atomic mass is 9.81. The fourth-order valence-corrected chi connectivity index (χ4v) is 3.38. The van der Waals surface area contributed by atoms with E-state index in [0.717, 1.165) is 23.3 Å². The Morgan fingerprint density at radius 2 is 1.84 bits per heavy atom. The Morgan fingerprint density at radius 3 is 2.48 bits per heavy atom. The first kappa shape index (κ1) is 17.3. The quantitative estimate of drug-likeness (QED) is 0.875. The number of carbonyl (C=O) groups is 1. The van der Waals surface area contributed by atoms with E-state index >= 15 is 0 Å². The van der Waals surface area contributed by atoms with Crippen molar-refractivity contribution in [2.24, 2.45) is 5.92 Å². The molecule has 5 heteroatoms. The zero-order chi connectivity index (χ0) is 17.6. The van der Waals surface area contributed by atoms with E-state index in [-0.39, 0.29) is 18.4 Å². The van der Waals surface area contributed by atoms with Crippen LogP contribution in [0, 0.1) is 5.92 Å². The van der Waals surface area contributed by atoms with Gasteiger partial charge in [0.15, 0.2) is 0 Å². The minimum Gasteiger partial charge on any atom is -0.489 e. The molecule has 25 heavy (non-hydrogen) atoms. The molecule has 0 bridgehead atoms. The lowest BCUT2D eigenvalue weighted by Crippen LogP contribution is -2.43. The molecule has 1 saturated heterocycles. The Bertz CT molecular complexity index is 687. The second-order valence-electron chi connectivity index (χ2n) is 6.41. The van der Waals surface area contributed by atoms with Crippen LogP contribution in [0.5, 0.6) is 5.75 Å². The lowest BCUT2D eigenvalue weighted by Gasteiger charge is -2.36. The van der Waals surface area contributed by atoms with E-state index in [9.17, 15) is 9.90 Å². The van der Waals surface area contributed by atoms with Crippen molar-refractivity contribution in [3.8, 4) is 5.75 Å². The van der Waals surface area contributed by atoms with Crippen LogP contribution in [0.15, 0.2) is 54.6 Å². The Labute approximate surface area is 147 Å². The molecule has 0 radical (unpaired) electrons. The molecule has 2 atom stereocenters. The highest BCUT2D eigenvalue weighted by molar-refractivity contribution is 5.65. The van der Waals surface area contributed by atoms with Crippen LogP contribution < -0.4 is 4.74 Å². The number of rotatable bonds is 5. The number of carboxylic acid groups (broad SMARTS) is 1. The summed E-state index contributed by atoms with van der Waals surface area (Å²) in [5.41, 5.74) is 2.24. The molecule has 5 nitrogen and oxygen atoms in total.